The Morgan fingerprint density at radius 3 is 2.10 bits per heavy atom. The molecule has 0 aliphatic carbocycles. The summed E-state index contributed by atoms with van der Waals surface area (Å²) in [4.78, 5) is 33.2. The van der Waals surface area contributed by atoms with Crippen molar-refractivity contribution in [2.24, 2.45) is 0 Å². The van der Waals surface area contributed by atoms with Crippen LogP contribution in [-0.4, -0.2) is 31.1 Å². The van der Waals surface area contributed by atoms with E-state index in [2.05, 4.69) is 4.74 Å². The van der Waals surface area contributed by atoms with E-state index in [0.29, 0.717) is 5.75 Å². The van der Waals surface area contributed by atoms with Gasteiger partial charge < -0.3 is 14.2 Å². The van der Waals surface area contributed by atoms with E-state index in [1.165, 1.54) is 21.0 Å². The molecular formula is C14H16O6. The Labute approximate surface area is 116 Å². The molecule has 0 saturated heterocycles. The minimum absolute atomic E-state index is 0.187. The van der Waals surface area contributed by atoms with Crippen molar-refractivity contribution in [2.45, 2.75) is 26.4 Å². The lowest BCUT2D eigenvalue weighted by atomic mass is 10.1. The highest BCUT2D eigenvalue weighted by atomic mass is 16.6. The number of rotatable bonds is 5. The number of carbonyl (C=O) groups is 3. The van der Waals surface area contributed by atoms with Gasteiger partial charge in [0.05, 0.1) is 7.11 Å². The van der Waals surface area contributed by atoms with Crippen molar-refractivity contribution in [3.05, 3.63) is 29.8 Å². The molecule has 1 rings (SSSR count). The van der Waals surface area contributed by atoms with Gasteiger partial charge in [-0.1, -0.05) is 12.1 Å². The molecule has 1 aromatic rings. The highest BCUT2D eigenvalue weighted by molar-refractivity contribution is 5.78. The van der Waals surface area contributed by atoms with Crippen LogP contribution in [0.1, 0.15) is 19.4 Å². The molecule has 108 valence electrons. The zero-order valence-electron chi connectivity index (χ0n) is 11.5. The summed E-state index contributed by atoms with van der Waals surface area (Å²) < 4.78 is 14.4. The summed E-state index contributed by atoms with van der Waals surface area (Å²) >= 11 is 0. The summed E-state index contributed by atoms with van der Waals surface area (Å²) in [6, 6.07) is 6.55. The fourth-order valence-corrected chi connectivity index (χ4v) is 1.58. The molecule has 0 aromatic heterocycles. The summed E-state index contributed by atoms with van der Waals surface area (Å²) in [5.41, 5.74) is 0.748. The third kappa shape index (κ3) is 5.09. The maximum absolute atomic E-state index is 11.5. The third-order valence-corrected chi connectivity index (χ3v) is 2.38. The lowest BCUT2D eigenvalue weighted by Gasteiger charge is -2.14. The third-order valence-electron chi connectivity index (χ3n) is 2.38. The van der Waals surface area contributed by atoms with Crippen LogP contribution in [0.2, 0.25) is 0 Å². The standard InChI is InChI=1S/C14H16O6/c1-9(15)19-12-6-4-11(5-7-12)8-13(14(17)18-3)20-10(2)16/h4-7,13H,8H2,1-3H3/t13-/m0/s1. The van der Waals surface area contributed by atoms with Gasteiger partial charge in [0.15, 0.2) is 0 Å². The van der Waals surface area contributed by atoms with Gasteiger partial charge in [-0.15, -0.1) is 0 Å². The Morgan fingerprint density at radius 2 is 1.65 bits per heavy atom. The largest absolute Gasteiger partial charge is 0.466 e. The smallest absolute Gasteiger partial charge is 0.347 e. The Kier molecular flexibility index (Phi) is 5.71. The van der Waals surface area contributed by atoms with Crippen molar-refractivity contribution >= 4 is 17.9 Å². The van der Waals surface area contributed by atoms with E-state index in [1.54, 1.807) is 24.3 Å². The predicted octanol–water partition coefficient (Wildman–Crippen LogP) is 1.26. The molecule has 1 atom stereocenters. The van der Waals surface area contributed by atoms with Crippen LogP contribution >= 0.6 is 0 Å². The Morgan fingerprint density at radius 1 is 1.05 bits per heavy atom. The molecule has 0 heterocycles. The van der Waals surface area contributed by atoms with Crippen LogP contribution in [0.3, 0.4) is 0 Å². The second-order valence-corrected chi connectivity index (χ2v) is 4.06. The molecule has 6 nitrogen and oxygen atoms in total. The second-order valence-electron chi connectivity index (χ2n) is 4.06. The van der Waals surface area contributed by atoms with Crippen molar-refractivity contribution in [1.82, 2.24) is 0 Å². The van der Waals surface area contributed by atoms with Crippen LogP contribution in [0.4, 0.5) is 0 Å². The number of carbonyl (C=O) groups excluding carboxylic acids is 3. The Bertz CT molecular complexity index is 491. The number of methoxy groups -OCH3 is 1. The van der Waals surface area contributed by atoms with Gasteiger partial charge in [0, 0.05) is 20.3 Å². The van der Waals surface area contributed by atoms with E-state index in [4.69, 9.17) is 9.47 Å². The molecule has 0 aliphatic heterocycles. The van der Waals surface area contributed by atoms with Gasteiger partial charge in [-0.3, -0.25) is 9.59 Å². The summed E-state index contributed by atoms with van der Waals surface area (Å²) in [6.07, 6.45) is -0.802. The van der Waals surface area contributed by atoms with Crippen molar-refractivity contribution in [1.29, 1.82) is 0 Å². The van der Waals surface area contributed by atoms with Crippen LogP contribution in [0, 0.1) is 0 Å². The number of hydrogen-bond acceptors (Lipinski definition) is 6. The van der Waals surface area contributed by atoms with E-state index < -0.39 is 24.0 Å². The summed E-state index contributed by atoms with van der Waals surface area (Å²) in [7, 11) is 1.22. The summed E-state index contributed by atoms with van der Waals surface area (Å²) in [6.45, 7) is 2.53. The lowest BCUT2D eigenvalue weighted by molar-refractivity contribution is -0.164. The quantitative estimate of drug-likeness (QED) is 0.597. The van der Waals surface area contributed by atoms with Gasteiger partial charge in [0.2, 0.25) is 6.10 Å². The topological polar surface area (TPSA) is 78.9 Å². The van der Waals surface area contributed by atoms with Crippen LogP contribution < -0.4 is 4.74 Å². The number of benzene rings is 1. The maximum Gasteiger partial charge on any atom is 0.347 e. The first kappa shape index (κ1) is 15.7. The average molecular weight is 280 g/mol. The van der Waals surface area contributed by atoms with Gasteiger partial charge in [-0.05, 0) is 17.7 Å². The highest BCUT2D eigenvalue weighted by Gasteiger charge is 2.22. The molecule has 0 fully saturated rings. The van der Waals surface area contributed by atoms with Crippen LogP contribution in [0.5, 0.6) is 5.75 Å². The fourth-order valence-electron chi connectivity index (χ4n) is 1.58. The van der Waals surface area contributed by atoms with Gasteiger partial charge in [-0.2, -0.15) is 0 Å². The van der Waals surface area contributed by atoms with Gasteiger partial charge in [0.25, 0.3) is 0 Å². The zero-order chi connectivity index (χ0) is 15.1. The summed E-state index contributed by atoms with van der Waals surface area (Å²) in [5, 5.41) is 0. The average Bonchev–Trinajstić information content (AvgIpc) is 2.38. The Balaban J connectivity index is 2.75. The molecule has 0 saturated carbocycles. The van der Waals surface area contributed by atoms with E-state index >= 15 is 0 Å². The van der Waals surface area contributed by atoms with Gasteiger partial charge >= 0.3 is 17.9 Å². The number of esters is 3. The molecule has 0 spiro atoms. The van der Waals surface area contributed by atoms with Crippen molar-refractivity contribution in [3.8, 4) is 5.75 Å². The molecule has 6 heteroatoms. The minimum atomic E-state index is -0.989. The fraction of sp³-hybridized carbons (Fsp3) is 0.357. The van der Waals surface area contributed by atoms with Crippen LogP contribution in [-0.2, 0) is 30.3 Å². The van der Waals surface area contributed by atoms with E-state index in [1.807, 2.05) is 0 Å². The van der Waals surface area contributed by atoms with Gasteiger partial charge in [-0.25, -0.2) is 4.79 Å². The van der Waals surface area contributed by atoms with E-state index in [-0.39, 0.29) is 6.42 Å². The Hall–Kier alpha value is -2.37. The monoisotopic (exact) mass is 280 g/mol. The molecule has 0 bridgehead atoms. The van der Waals surface area contributed by atoms with Crippen molar-refractivity contribution in [2.75, 3.05) is 7.11 Å². The minimum Gasteiger partial charge on any atom is -0.466 e. The molecule has 0 aliphatic rings. The normalized spacial score (nSPS) is 11.3. The molecule has 0 amide bonds. The van der Waals surface area contributed by atoms with E-state index in [9.17, 15) is 14.4 Å². The molecule has 0 unspecified atom stereocenters. The van der Waals surface area contributed by atoms with E-state index in [0.717, 1.165) is 5.56 Å². The molecular weight excluding hydrogens is 264 g/mol. The summed E-state index contributed by atoms with van der Waals surface area (Å²) in [5.74, 6) is -1.19. The number of hydrogen-bond donors (Lipinski definition) is 0. The van der Waals surface area contributed by atoms with Crippen LogP contribution in [0.15, 0.2) is 24.3 Å². The number of ether oxygens (including phenoxy) is 3. The first-order valence-corrected chi connectivity index (χ1v) is 5.94. The lowest BCUT2D eigenvalue weighted by Crippen LogP contribution is -2.29. The first-order chi connectivity index (χ1) is 9.42. The molecule has 1 aromatic carbocycles. The molecule has 0 N–H and O–H groups in total. The maximum atomic E-state index is 11.5. The second kappa shape index (κ2) is 7.28. The first-order valence-electron chi connectivity index (χ1n) is 5.94. The molecule has 20 heavy (non-hydrogen) atoms. The van der Waals surface area contributed by atoms with Crippen molar-refractivity contribution < 1.29 is 28.6 Å². The predicted molar refractivity (Wildman–Crippen MR) is 69.0 cm³/mol. The molecule has 0 radical (unpaired) electrons. The van der Waals surface area contributed by atoms with Crippen LogP contribution in [0.25, 0.3) is 0 Å². The SMILES string of the molecule is COC(=O)[C@H](Cc1ccc(OC(C)=O)cc1)OC(C)=O. The van der Waals surface area contributed by atoms with Crippen molar-refractivity contribution in [3.63, 3.8) is 0 Å². The highest BCUT2D eigenvalue weighted by Crippen LogP contribution is 2.15. The zero-order valence-corrected chi connectivity index (χ0v) is 11.5. The van der Waals surface area contributed by atoms with Gasteiger partial charge in [0.1, 0.15) is 5.75 Å².